The first kappa shape index (κ1) is 22.3. The fraction of sp³-hybridized carbons (Fsp3) is 0.286. The van der Waals surface area contributed by atoms with Gasteiger partial charge in [0.05, 0.1) is 25.1 Å². The van der Waals surface area contributed by atoms with Crippen molar-refractivity contribution < 1.29 is 22.5 Å². The third-order valence-corrected chi connectivity index (χ3v) is 5.46. The summed E-state index contributed by atoms with van der Waals surface area (Å²) in [5.41, 5.74) is 2.20. The lowest BCUT2D eigenvalue weighted by atomic mass is 10.1. The van der Waals surface area contributed by atoms with Gasteiger partial charge in [0, 0.05) is 5.56 Å². The molecule has 10 heteroatoms. The number of nitrogens with zero attached hydrogens (tertiary/aromatic N) is 3. The highest BCUT2D eigenvalue weighted by atomic mass is 32.2. The summed E-state index contributed by atoms with van der Waals surface area (Å²) in [5, 5.41) is 6.53. The summed E-state index contributed by atoms with van der Waals surface area (Å²) in [5.74, 6) is 0.479. The van der Waals surface area contributed by atoms with Crippen molar-refractivity contribution in [1.29, 1.82) is 0 Å². The molecule has 1 amide bonds. The number of hydrogen-bond donors (Lipinski definition) is 1. The maximum Gasteiger partial charge on any atom is 0.246 e. The molecule has 0 radical (unpaired) electrons. The Hall–Kier alpha value is -3.40. The molecule has 1 aromatic heterocycles. The zero-order valence-corrected chi connectivity index (χ0v) is 18.3. The average molecular weight is 445 g/mol. The number of amides is 1. The Kier molecular flexibility index (Phi) is 6.91. The minimum atomic E-state index is -3.73. The standard InChI is InChI=1S/C21H24N4O5S/c1-4-29-18-8-6-5-7-17(18)25(31(3,27)28)14-19(26)22-13-20-23-21(24-30-20)16-11-9-15(2)10-12-16/h5-12H,4,13-14H2,1-3H3,(H,22,26). The van der Waals surface area contributed by atoms with Crippen LogP contribution in [0.3, 0.4) is 0 Å². The molecule has 0 saturated carbocycles. The molecule has 31 heavy (non-hydrogen) atoms. The van der Waals surface area contributed by atoms with Crippen LogP contribution in [-0.4, -0.2) is 43.9 Å². The van der Waals surface area contributed by atoms with Gasteiger partial charge in [-0.3, -0.25) is 9.10 Å². The molecule has 0 bridgehead atoms. The van der Waals surface area contributed by atoms with Gasteiger partial charge in [0.25, 0.3) is 0 Å². The number of aryl methyl sites for hydroxylation is 1. The van der Waals surface area contributed by atoms with Crippen LogP contribution in [0.25, 0.3) is 11.4 Å². The number of hydrogen-bond acceptors (Lipinski definition) is 7. The monoisotopic (exact) mass is 444 g/mol. The van der Waals surface area contributed by atoms with Crippen LogP contribution in [0.2, 0.25) is 0 Å². The molecular weight excluding hydrogens is 420 g/mol. The van der Waals surface area contributed by atoms with Crippen LogP contribution < -0.4 is 14.4 Å². The number of carbonyl (C=O) groups excluding carboxylic acids is 1. The second-order valence-corrected chi connectivity index (χ2v) is 8.73. The van der Waals surface area contributed by atoms with E-state index >= 15 is 0 Å². The van der Waals surface area contributed by atoms with E-state index in [0.29, 0.717) is 23.9 Å². The topological polar surface area (TPSA) is 115 Å². The lowest BCUT2D eigenvalue weighted by molar-refractivity contribution is -0.119. The van der Waals surface area contributed by atoms with Crippen molar-refractivity contribution in [1.82, 2.24) is 15.5 Å². The lowest BCUT2D eigenvalue weighted by Crippen LogP contribution is -2.40. The molecule has 0 aliphatic heterocycles. The van der Waals surface area contributed by atoms with E-state index in [-0.39, 0.29) is 12.4 Å². The van der Waals surface area contributed by atoms with E-state index in [9.17, 15) is 13.2 Å². The lowest BCUT2D eigenvalue weighted by Gasteiger charge is -2.23. The summed E-state index contributed by atoms with van der Waals surface area (Å²) >= 11 is 0. The summed E-state index contributed by atoms with van der Waals surface area (Å²) in [6, 6.07) is 14.3. The Bertz CT molecular complexity index is 1140. The number of sulfonamides is 1. The van der Waals surface area contributed by atoms with Crippen molar-refractivity contribution in [3.05, 3.63) is 60.0 Å². The maximum atomic E-state index is 12.5. The van der Waals surface area contributed by atoms with Gasteiger partial charge in [-0.1, -0.05) is 47.1 Å². The fourth-order valence-corrected chi connectivity index (χ4v) is 3.69. The van der Waals surface area contributed by atoms with Crippen LogP contribution in [0.15, 0.2) is 53.1 Å². The van der Waals surface area contributed by atoms with Crippen LogP contribution in [0.5, 0.6) is 5.75 Å². The number of nitrogens with one attached hydrogen (secondary N) is 1. The van der Waals surface area contributed by atoms with E-state index in [0.717, 1.165) is 21.7 Å². The smallest absolute Gasteiger partial charge is 0.246 e. The van der Waals surface area contributed by atoms with Gasteiger partial charge < -0.3 is 14.6 Å². The second kappa shape index (κ2) is 9.61. The second-order valence-electron chi connectivity index (χ2n) is 6.82. The van der Waals surface area contributed by atoms with Crippen molar-refractivity contribution >= 4 is 21.6 Å². The summed E-state index contributed by atoms with van der Waals surface area (Å²) in [7, 11) is -3.73. The highest BCUT2D eigenvalue weighted by Crippen LogP contribution is 2.29. The number of rotatable bonds is 9. The van der Waals surface area contributed by atoms with E-state index in [4.69, 9.17) is 9.26 Å². The van der Waals surface area contributed by atoms with Crippen molar-refractivity contribution in [2.24, 2.45) is 0 Å². The van der Waals surface area contributed by atoms with Gasteiger partial charge in [0.15, 0.2) is 0 Å². The molecule has 0 fully saturated rings. The van der Waals surface area contributed by atoms with Gasteiger partial charge in [0.1, 0.15) is 12.3 Å². The number of carbonyl (C=O) groups is 1. The number of ether oxygens (including phenoxy) is 1. The number of para-hydroxylation sites is 2. The normalized spacial score (nSPS) is 11.2. The van der Waals surface area contributed by atoms with E-state index in [1.54, 1.807) is 31.2 Å². The van der Waals surface area contributed by atoms with E-state index in [1.165, 1.54) is 0 Å². The van der Waals surface area contributed by atoms with Crippen LogP contribution in [0, 0.1) is 6.92 Å². The SMILES string of the molecule is CCOc1ccccc1N(CC(=O)NCc1nc(-c2ccc(C)cc2)no1)S(C)(=O)=O. The summed E-state index contributed by atoms with van der Waals surface area (Å²) in [4.78, 5) is 16.7. The molecule has 2 aromatic carbocycles. The molecule has 0 atom stereocenters. The van der Waals surface area contributed by atoms with Gasteiger partial charge in [-0.2, -0.15) is 4.98 Å². The average Bonchev–Trinajstić information content (AvgIpc) is 3.20. The molecule has 9 nitrogen and oxygen atoms in total. The zero-order valence-electron chi connectivity index (χ0n) is 17.5. The third-order valence-electron chi connectivity index (χ3n) is 4.34. The Morgan fingerprint density at radius 2 is 1.87 bits per heavy atom. The number of aromatic nitrogens is 2. The van der Waals surface area contributed by atoms with Crippen LogP contribution in [0.4, 0.5) is 5.69 Å². The zero-order chi connectivity index (χ0) is 22.4. The Labute approximate surface area is 181 Å². The summed E-state index contributed by atoms with van der Waals surface area (Å²) in [6.07, 6.45) is 1.04. The quantitative estimate of drug-likeness (QED) is 0.539. The number of anilines is 1. The molecule has 0 aliphatic rings. The first-order valence-corrected chi connectivity index (χ1v) is 11.5. The van der Waals surface area contributed by atoms with Gasteiger partial charge in [-0.15, -0.1) is 0 Å². The van der Waals surface area contributed by atoms with Crippen LogP contribution >= 0.6 is 0 Å². The van der Waals surface area contributed by atoms with Crippen molar-refractivity contribution in [3.8, 4) is 17.1 Å². The molecule has 0 aliphatic carbocycles. The molecule has 164 valence electrons. The molecule has 3 rings (SSSR count). The van der Waals surface area contributed by atoms with Gasteiger partial charge in [-0.25, -0.2) is 8.42 Å². The minimum Gasteiger partial charge on any atom is -0.492 e. The highest BCUT2D eigenvalue weighted by molar-refractivity contribution is 7.92. The predicted octanol–water partition coefficient (Wildman–Crippen LogP) is 2.53. The first-order chi connectivity index (χ1) is 14.8. The summed E-state index contributed by atoms with van der Waals surface area (Å²) < 4.78 is 36.3. The Morgan fingerprint density at radius 1 is 1.16 bits per heavy atom. The van der Waals surface area contributed by atoms with E-state index < -0.39 is 22.5 Å². The maximum absolute atomic E-state index is 12.5. The molecule has 0 spiro atoms. The third kappa shape index (κ3) is 5.82. The molecule has 0 saturated heterocycles. The van der Waals surface area contributed by atoms with Gasteiger partial charge in [-0.05, 0) is 26.0 Å². The molecule has 0 unspecified atom stereocenters. The number of benzene rings is 2. The van der Waals surface area contributed by atoms with Crippen molar-refractivity contribution in [2.75, 3.05) is 23.7 Å². The summed E-state index contributed by atoms with van der Waals surface area (Å²) in [6.45, 7) is 3.70. The molecule has 1 N–H and O–H groups in total. The predicted molar refractivity (Wildman–Crippen MR) is 116 cm³/mol. The highest BCUT2D eigenvalue weighted by Gasteiger charge is 2.24. The van der Waals surface area contributed by atoms with E-state index in [2.05, 4.69) is 15.5 Å². The van der Waals surface area contributed by atoms with Crippen LogP contribution in [-0.2, 0) is 21.4 Å². The minimum absolute atomic E-state index is 0.0254. The molecular formula is C21H24N4O5S. The van der Waals surface area contributed by atoms with Crippen molar-refractivity contribution in [3.63, 3.8) is 0 Å². The molecule has 3 aromatic rings. The Morgan fingerprint density at radius 3 is 2.55 bits per heavy atom. The largest absolute Gasteiger partial charge is 0.492 e. The van der Waals surface area contributed by atoms with E-state index in [1.807, 2.05) is 31.2 Å². The fourth-order valence-electron chi connectivity index (χ4n) is 2.83. The van der Waals surface area contributed by atoms with Gasteiger partial charge in [0.2, 0.25) is 27.6 Å². The first-order valence-electron chi connectivity index (χ1n) is 9.63. The van der Waals surface area contributed by atoms with Crippen molar-refractivity contribution in [2.45, 2.75) is 20.4 Å². The Balaban J connectivity index is 1.68. The van der Waals surface area contributed by atoms with Gasteiger partial charge >= 0.3 is 0 Å². The molecule has 1 heterocycles. The van der Waals surface area contributed by atoms with Crippen LogP contribution in [0.1, 0.15) is 18.4 Å².